The molecule has 2 aromatic rings. The molecule has 2 atom stereocenters. The summed E-state index contributed by atoms with van der Waals surface area (Å²) >= 11 is 0. The lowest BCUT2D eigenvalue weighted by molar-refractivity contribution is -0.123. The summed E-state index contributed by atoms with van der Waals surface area (Å²) in [7, 11) is 7.66. The lowest BCUT2D eigenvalue weighted by Gasteiger charge is -2.26. The zero-order valence-electron chi connectivity index (χ0n) is 15.1. The van der Waals surface area contributed by atoms with E-state index in [2.05, 4.69) is 51.8 Å². The fourth-order valence-corrected chi connectivity index (χ4v) is 2.72. The Hall–Kier alpha value is -2.18. The van der Waals surface area contributed by atoms with E-state index in [1.807, 2.05) is 27.3 Å². The van der Waals surface area contributed by atoms with Crippen molar-refractivity contribution in [2.45, 2.75) is 19.0 Å². The topological polar surface area (TPSA) is 62.2 Å². The number of hydrogen-bond acceptors (Lipinski definition) is 4. The molecule has 1 aromatic carbocycles. The molecule has 2 unspecified atom stereocenters. The van der Waals surface area contributed by atoms with Crippen molar-refractivity contribution < 1.29 is 4.79 Å². The Labute approximate surface area is 143 Å². The van der Waals surface area contributed by atoms with Gasteiger partial charge in [-0.2, -0.15) is 5.10 Å². The number of benzene rings is 1. The molecule has 0 bridgehead atoms. The molecule has 2 rings (SSSR count). The smallest absolute Gasteiger partial charge is 0.241 e. The number of carbonyl (C=O) groups excluding carboxylic acids is 1. The van der Waals surface area contributed by atoms with Crippen LogP contribution in [-0.2, 0) is 11.8 Å². The molecule has 130 valence electrons. The molecule has 0 spiro atoms. The highest BCUT2D eigenvalue weighted by Crippen LogP contribution is 2.18. The van der Waals surface area contributed by atoms with Gasteiger partial charge in [-0.05, 0) is 33.6 Å². The summed E-state index contributed by atoms with van der Waals surface area (Å²) in [5.41, 5.74) is 3.27. The van der Waals surface area contributed by atoms with Gasteiger partial charge in [-0.3, -0.25) is 9.48 Å². The third-order valence-electron chi connectivity index (χ3n) is 4.16. The highest BCUT2D eigenvalue weighted by molar-refractivity contribution is 5.83. The number of aromatic nitrogens is 2. The minimum Gasteiger partial charge on any atom is -0.353 e. The van der Waals surface area contributed by atoms with Crippen LogP contribution in [0.3, 0.4) is 0 Å². The Morgan fingerprint density at radius 2 is 1.92 bits per heavy atom. The van der Waals surface area contributed by atoms with Gasteiger partial charge in [0.2, 0.25) is 5.91 Å². The second-order valence-electron chi connectivity index (χ2n) is 6.30. The normalized spacial score (nSPS) is 13.8. The zero-order valence-corrected chi connectivity index (χ0v) is 15.1. The summed E-state index contributed by atoms with van der Waals surface area (Å²) in [5, 5.41) is 10.2. The van der Waals surface area contributed by atoms with E-state index in [1.54, 1.807) is 17.9 Å². The predicted octanol–water partition coefficient (Wildman–Crippen LogP) is 1.41. The first-order valence-electron chi connectivity index (χ1n) is 8.09. The van der Waals surface area contributed by atoms with Gasteiger partial charge in [0.25, 0.3) is 0 Å². The van der Waals surface area contributed by atoms with Gasteiger partial charge in [0.05, 0.1) is 12.2 Å². The van der Waals surface area contributed by atoms with E-state index < -0.39 is 6.04 Å². The number of likely N-dealkylation sites (N-methyl/N-ethyl adjacent to an activating group) is 2. The maximum atomic E-state index is 12.6. The Morgan fingerprint density at radius 1 is 1.25 bits per heavy atom. The van der Waals surface area contributed by atoms with E-state index in [9.17, 15) is 4.79 Å². The largest absolute Gasteiger partial charge is 0.353 e. The molecule has 1 amide bonds. The molecule has 6 heteroatoms. The summed E-state index contributed by atoms with van der Waals surface area (Å²) < 4.78 is 1.70. The molecule has 1 heterocycles. The maximum Gasteiger partial charge on any atom is 0.241 e. The van der Waals surface area contributed by atoms with Gasteiger partial charge in [0.1, 0.15) is 6.04 Å². The molecule has 6 nitrogen and oxygen atoms in total. The lowest BCUT2D eigenvalue weighted by Crippen LogP contribution is -2.40. The predicted molar refractivity (Wildman–Crippen MR) is 95.6 cm³/mol. The van der Waals surface area contributed by atoms with Crippen molar-refractivity contribution in [3.8, 4) is 0 Å². The zero-order chi connectivity index (χ0) is 17.7. The van der Waals surface area contributed by atoms with E-state index in [4.69, 9.17) is 0 Å². The van der Waals surface area contributed by atoms with Crippen molar-refractivity contribution in [1.82, 2.24) is 25.3 Å². The van der Waals surface area contributed by atoms with Gasteiger partial charge in [-0.1, -0.05) is 29.8 Å². The summed E-state index contributed by atoms with van der Waals surface area (Å²) in [6.45, 7) is 2.62. The van der Waals surface area contributed by atoms with Crippen LogP contribution in [0.5, 0.6) is 0 Å². The van der Waals surface area contributed by atoms with Gasteiger partial charge in [0.15, 0.2) is 0 Å². The quantitative estimate of drug-likeness (QED) is 0.806. The Bertz CT molecular complexity index is 662. The highest BCUT2D eigenvalue weighted by Gasteiger charge is 2.22. The van der Waals surface area contributed by atoms with Crippen LogP contribution in [0, 0.1) is 6.92 Å². The van der Waals surface area contributed by atoms with E-state index >= 15 is 0 Å². The van der Waals surface area contributed by atoms with Crippen LogP contribution in [0.1, 0.15) is 28.8 Å². The van der Waals surface area contributed by atoms with E-state index in [1.165, 1.54) is 11.1 Å². The van der Waals surface area contributed by atoms with Crippen molar-refractivity contribution in [2.75, 3.05) is 27.7 Å². The number of aryl methyl sites for hydroxylation is 2. The van der Waals surface area contributed by atoms with Gasteiger partial charge in [-0.25, -0.2) is 0 Å². The van der Waals surface area contributed by atoms with Crippen molar-refractivity contribution in [2.24, 2.45) is 7.05 Å². The number of hydrogen-bond donors (Lipinski definition) is 2. The van der Waals surface area contributed by atoms with E-state index in [0.29, 0.717) is 6.54 Å². The minimum atomic E-state index is -0.403. The molecular formula is C18H27N5O. The standard InChI is InChI=1S/C18H27N5O/c1-13-6-8-14(9-7-13)16(22(3)4)11-20-18(24)17(19-2)15-10-21-23(5)12-15/h6-10,12,16-17,19H,11H2,1-5H3,(H,20,24). The van der Waals surface area contributed by atoms with Crippen molar-refractivity contribution in [3.63, 3.8) is 0 Å². The maximum absolute atomic E-state index is 12.6. The van der Waals surface area contributed by atoms with Crippen molar-refractivity contribution in [1.29, 1.82) is 0 Å². The molecule has 2 N–H and O–H groups in total. The first-order valence-corrected chi connectivity index (χ1v) is 8.09. The monoisotopic (exact) mass is 329 g/mol. The van der Waals surface area contributed by atoms with Gasteiger partial charge in [-0.15, -0.1) is 0 Å². The van der Waals surface area contributed by atoms with Crippen LogP contribution in [0.15, 0.2) is 36.7 Å². The van der Waals surface area contributed by atoms with Gasteiger partial charge in [0, 0.05) is 25.4 Å². The van der Waals surface area contributed by atoms with Crippen LogP contribution in [0.25, 0.3) is 0 Å². The van der Waals surface area contributed by atoms with Crippen LogP contribution < -0.4 is 10.6 Å². The average Bonchev–Trinajstić information content (AvgIpc) is 2.96. The number of amides is 1. The lowest BCUT2D eigenvalue weighted by atomic mass is 10.0. The van der Waals surface area contributed by atoms with E-state index in [-0.39, 0.29) is 11.9 Å². The second kappa shape index (κ2) is 8.08. The Kier molecular flexibility index (Phi) is 6.11. The number of rotatable bonds is 7. The minimum absolute atomic E-state index is 0.0514. The van der Waals surface area contributed by atoms with Crippen LogP contribution >= 0.6 is 0 Å². The Morgan fingerprint density at radius 3 is 2.42 bits per heavy atom. The van der Waals surface area contributed by atoms with Crippen molar-refractivity contribution in [3.05, 3.63) is 53.3 Å². The molecule has 1 aromatic heterocycles. The third kappa shape index (κ3) is 4.43. The summed E-state index contributed by atoms with van der Waals surface area (Å²) in [5.74, 6) is -0.0514. The van der Waals surface area contributed by atoms with Crippen molar-refractivity contribution >= 4 is 5.91 Å². The highest BCUT2D eigenvalue weighted by atomic mass is 16.2. The number of nitrogens with zero attached hydrogens (tertiary/aromatic N) is 3. The SMILES string of the molecule is CNC(C(=O)NCC(c1ccc(C)cc1)N(C)C)c1cnn(C)c1. The van der Waals surface area contributed by atoms with Crippen LogP contribution in [0.4, 0.5) is 0 Å². The summed E-state index contributed by atoms with van der Waals surface area (Å²) in [4.78, 5) is 14.7. The molecule has 0 radical (unpaired) electrons. The molecule has 0 saturated heterocycles. The number of carbonyl (C=O) groups is 1. The Balaban J connectivity index is 2.05. The molecule has 24 heavy (non-hydrogen) atoms. The third-order valence-corrected chi connectivity index (χ3v) is 4.16. The first kappa shape index (κ1) is 18.2. The van der Waals surface area contributed by atoms with Crippen LogP contribution in [-0.4, -0.2) is 48.3 Å². The molecule has 0 aliphatic rings. The summed E-state index contributed by atoms with van der Waals surface area (Å²) in [6, 6.07) is 8.14. The molecule has 0 saturated carbocycles. The molecule has 0 aliphatic carbocycles. The fourth-order valence-electron chi connectivity index (χ4n) is 2.72. The van der Waals surface area contributed by atoms with Gasteiger partial charge < -0.3 is 15.5 Å². The first-order chi connectivity index (χ1) is 11.4. The molecule has 0 aliphatic heterocycles. The fraction of sp³-hybridized carbons (Fsp3) is 0.444. The average molecular weight is 329 g/mol. The summed E-state index contributed by atoms with van der Waals surface area (Å²) in [6.07, 6.45) is 3.56. The number of nitrogens with one attached hydrogen (secondary N) is 2. The second-order valence-corrected chi connectivity index (χ2v) is 6.30. The molecular weight excluding hydrogens is 302 g/mol. The molecule has 0 fully saturated rings. The van der Waals surface area contributed by atoms with Gasteiger partial charge >= 0.3 is 0 Å². The van der Waals surface area contributed by atoms with E-state index in [0.717, 1.165) is 5.56 Å². The van der Waals surface area contributed by atoms with Crippen LogP contribution in [0.2, 0.25) is 0 Å².